The van der Waals surface area contributed by atoms with Gasteiger partial charge in [0, 0.05) is 11.4 Å². The van der Waals surface area contributed by atoms with E-state index in [1.165, 1.54) is 24.8 Å². The zero-order valence-corrected chi connectivity index (χ0v) is 15.6. The molecule has 1 N–H and O–H groups in total. The maximum Gasteiger partial charge on any atom is 0.240 e. The van der Waals surface area contributed by atoms with Gasteiger partial charge in [-0.25, -0.2) is 0 Å². The van der Waals surface area contributed by atoms with Crippen LogP contribution < -0.4 is 10.2 Å². The quantitative estimate of drug-likeness (QED) is 0.785. The molecule has 0 fully saturated rings. The summed E-state index contributed by atoms with van der Waals surface area (Å²) in [6.45, 7) is 2.77. The standard InChI is InChI=1S/C20H26N2O2S/c1-2-17-20(24)22(16-10-6-7-11-18(16)25-17)14-19(23)21-13-12-15-8-4-3-5-9-15/h6-8,10-11,17H,2-5,9,12-14H2,1H3,(H,21,23)/t17-/m1/s1. The van der Waals surface area contributed by atoms with Crippen molar-refractivity contribution in [3.63, 3.8) is 0 Å². The van der Waals surface area contributed by atoms with E-state index in [2.05, 4.69) is 11.4 Å². The molecule has 1 aliphatic heterocycles. The largest absolute Gasteiger partial charge is 0.354 e. The molecular weight excluding hydrogens is 332 g/mol. The molecule has 1 aliphatic carbocycles. The lowest BCUT2D eigenvalue weighted by atomic mass is 9.97. The van der Waals surface area contributed by atoms with Crippen molar-refractivity contribution in [2.45, 2.75) is 55.6 Å². The summed E-state index contributed by atoms with van der Waals surface area (Å²) in [5.41, 5.74) is 2.31. The fourth-order valence-corrected chi connectivity index (χ4v) is 4.55. The normalized spacial score (nSPS) is 20.0. The average molecular weight is 359 g/mol. The van der Waals surface area contributed by atoms with Gasteiger partial charge in [-0.15, -0.1) is 11.8 Å². The Morgan fingerprint density at radius 1 is 1.32 bits per heavy atom. The molecule has 0 saturated heterocycles. The van der Waals surface area contributed by atoms with E-state index in [1.54, 1.807) is 16.7 Å². The number of thioether (sulfide) groups is 1. The van der Waals surface area contributed by atoms with E-state index in [1.807, 2.05) is 31.2 Å². The molecule has 0 radical (unpaired) electrons. The minimum atomic E-state index is -0.102. The number of hydrogen-bond acceptors (Lipinski definition) is 3. The summed E-state index contributed by atoms with van der Waals surface area (Å²) in [6.07, 6.45) is 8.86. The molecule has 0 spiro atoms. The van der Waals surface area contributed by atoms with Crippen LogP contribution in [0.2, 0.25) is 0 Å². The highest BCUT2D eigenvalue weighted by Crippen LogP contribution is 2.39. The summed E-state index contributed by atoms with van der Waals surface area (Å²) >= 11 is 1.60. The maximum absolute atomic E-state index is 12.7. The van der Waals surface area contributed by atoms with Gasteiger partial charge in [-0.05, 0) is 50.7 Å². The number of carbonyl (C=O) groups is 2. The number of para-hydroxylation sites is 1. The molecule has 4 nitrogen and oxygen atoms in total. The molecule has 0 saturated carbocycles. The van der Waals surface area contributed by atoms with Crippen molar-refractivity contribution in [3.05, 3.63) is 35.9 Å². The van der Waals surface area contributed by atoms with Crippen molar-refractivity contribution >= 4 is 29.3 Å². The number of nitrogens with zero attached hydrogens (tertiary/aromatic N) is 1. The molecule has 3 rings (SSSR count). The summed E-state index contributed by atoms with van der Waals surface area (Å²) in [5.74, 6) is -0.0438. The second kappa shape index (κ2) is 8.56. The molecule has 1 heterocycles. The number of benzene rings is 1. The third-order valence-electron chi connectivity index (χ3n) is 4.79. The molecule has 134 valence electrons. The van der Waals surface area contributed by atoms with Gasteiger partial charge in [0.1, 0.15) is 6.54 Å². The zero-order chi connectivity index (χ0) is 17.6. The summed E-state index contributed by atoms with van der Waals surface area (Å²) in [5, 5.41) is 2.88. The Morgan fingerprint density at radius 3 is 2.92 bits per heavy atom. The van der Waals surface area contributed by atoms with E-state index in [9.17, 15) is 9.59 Å². The minimum Gasteiger partial charge on any atom is -0.354 e. The van der Waals surface area contributed by atoms with Crippen LogP contribution >= 0.6 is 11.8 Å². The van der Waals surface area contributed by atoms with Gasteiger partial charge in [0.2, 0.25) is 11.8 Å². The van der Waals surface area contributed by atoms with Gasteiger partial charge < -0.3 is 10.2 Å². The fraction of sp³-hybridized carbons (Fsp3) is 0.500. The Bertz CT molecular complexity index is 671. The van der Waals surface area contributed by atoms with E-state index >= 15 is 0 Å². The number of amides is 2. The molecule has 1 atom stereocenters. The Hall–Kier alpha value is -1.75. The van der Waals surface area contributed by atoms with Crippen LogP contribution in [-0.4, -0.2) is 30.2 Å². The van der Waals surface area contributed by atoms with Crippen LogP contribution in [0, 0.1) is 0 Å². The Balaban J connectivity index is 1.59. The highest BCUT2D eigenvalue weighted by molar-refractivity contribution is 8.01. The summed E-state index contributed by atoms with van der Waals surface area (Å²) in [7, 11) is 0. The molecule has 1 aromatic carbocycles. The molecule has 1 aromatic rings. The van der Waals surface area contributed by atoms with Gasteiger partial charge >= 0.3 is 0 Å². The predicted molar refractivity (Wildman–Crippen MR) is 103 cm³/mol. The number of nitrogens with one attached hydrogen (secondary N) is 1. The number of anilines is 1. The first-order chi connectivity index (χ1) is 12.2. The third kappa shape index (κ3) is 4.46. The Kier molecular flexibility index (Phi) is 6.19. The predicted octanol–water partition coefficient (Wildman–Crippen LogP) is 3.91. The monoisotopic (exact) mass is 358 g/mol. The molecule has 25 heavy (non-hydrogen) atoms. The molecule has 0 aromatic heterocycles. The number of carbonyl (C=O) groups excluding carboxylic acids is 2. The van der Waals surface area contributed by atoms with Gasteiger partial charge in [0.25, 0.3) is 0 Å². The molecule has 2 aliphatic rings. The summed E-state index contributed by atoms with van der Waals surface area (Å²) in [4.78, 5) is 27.8. The van der Waals surface area contributed by atoms with Crippen molar-refractivity contribution in [2.75, 3.05) is 18.0 Å². The molecule has 0 bridgehead atoms. The molecule has 0 unspecified atom stereocenters. The summed E-state index contributed by atoms with van der Waals surface area (Å²) < 4.78 is 0. The van der Waals surface area contributed by atoms with E-state index in [0.717, 1.165) is 29.8 Å². The van der Waals surface area contributed by atoms with Gasteiger partial charge in [0.15, 0.2) is 0 Å². The van der Waals surface area contributed by atoms with Gasteiger partial charge in [-0.2, -0.15) is 0 Å². The Morgan fingerprint density at radius 2 is 2.16 bits per heavy atom. The van der Waals surface area contributed by atoms with E-state index in [0.29, 0.717) is 6.54 Å². The molecule has 2 amide bonds. The van der Waals surface area contributed by atoms with Crippen molar-refractivity contribution < 1.29 is 9.59 Å². The minimum absolute atomic E-state index is 0.0383. The van der Waals surface area contributed by atoms with Crippen LogP contribution in [0.4, 0.5) is 5.69 Å². The first-order valence-corrected chi connectivity index (χ1v) is 10.1. The SMILES string of the molecule is CC[C@H]1Sc2ccccc2N(CC(=O)NCCC2=CCCCC2)C1=O. The van der Waals surface area contributed by atoms with Crippen molar-refractivity contribution in [3.8, 4) is 0 Å². The lowest BCUT2D eigenvalue weighted by Crippen LogP contribution is -2.46. The summed E-state index contributed by atoms with van der Waals surface area (Å²) in [6, 6.07) is 7.84. The maximum atomic E-state index is 12.7. The highest BCUT2D eigenvalue weighted by atomic mass is 32.2. The number of fused-ring (bicyclic) bond motifs is 1. The topological polar surface area (TPSA) is 49.4 Å². The first kappa shape index (κ1) is 18.1. The van der Waals surface area contributed by atoms with Crippen LogP contribution in [-0.2, 0) is 9.59 Å². The second-order valence-electron chi connectivity index (χ2n) is 6.61. The average Bonchev–Trinajstić information content (AvgIpc) is 2.64. The lowest BCUT2D eigenvalue weighted by molar-refractivity contribution is -0.123. The van der Waals surface area contributed by atoms with Gasteiger partial charge in [0.05, 0.1) is 10.9 Å². The van der Waals surface area contributed by atoms with Crippen LogP contribution in [0.5, 0.6) is 0 Å². The van der Waals surface area contributed by atoms with Crippen molar-refractivity contribution in [2.24, 2.45) is 0 Å². The second-order valence-corrected chi connectivity index (χ2v) is 7.86. The van der Waals surface area contributed by atoms with E-state index in [4.69, 9.17) is 0 Å². The smallest absolute Gasteiger partial charge is 0.240 e. The van der Waals surface area contributed by atoms with E-state index < -0.39 is 0 Å². The van der Waals surface area contributed by atoms with E-state index in [-0.39, 0.29) is 23.6 Å². The third-order valence-corrected chi connectivity index (χ3v) is 6.21. The zero-order valence-electron chi connectivity index (χ0n) is 14.8. The number of rotatable bonds is 6. The Labute approximate surface area is 154 Å². The number of hydrogen-bond donors (Lipinski definition) is 1. The van der Waals surface area contributed by atoms with Crippen molar-refractivity contribution in [1.29, 1.82) is 0 Å². The van der Waals surface area contributed by atoms with Crippen LogP contribution in [0.25, 0.3) is 0 Å². The van der Waals surface area contributed by atoms with Crippen LogP contribution in [0.1, 0.15) is 45.4 Å². The highest BCUT2D eigenvalue weighted by Gasteiger charge is 2.33. The number of allylic oxidation sites excluding steroid dienone is 1. The van der Waals surface area contributed by atoms with Gasteiger partial charge in [-0.3, -0.25) is 9.59 Å². The molecule has 5 heteroatoms. The molecular formula is C20H26N2O2S. The van der Waals surface area contributed by atoms with Crippen molar-refractivity contribution in [1.82, 2.24) is 5.32 Å². The lowest BCUT2D eigenvalue weighted by Gasteiger charge is -2.32. The fourth-order valence-electron chi connectivity index (χ4n) is 3.39. The first-order valence-electron chi connectivity index (χ1n) is 9.20. The van der Waals surface area contributed by atoms with Gasteiger partial charge in [-0.1, -0.05) is 30.7 Å². The van der Waals surface area contributed by atoms with Crippen LogP contribution in [0.3, 0.4) is 0 Å². The van der Waals surface area contributed by atoms with Crippen LogP contribution in [0.15, 0.2) is 40.8 Å².